The van der Waals surface area contributed by atoms with Gasteiger partial charge in [0.2, 0.25) is 0 Å². The van der Waals surface area contributed by atoms with E-state index in [1.54, 1.807) is 4.57 Å². The fourth-order valence-corrected chi connectivity index (χ4v) is 3.52. The summed E-state index contributed by atoms with van der Waals surface area (Å²) in [6, 6.07) is 0. The van der Waals surface area contributed by atoms with Crippen LogP contribution in [0.25, 0.3) is 0 Å². The van der Waals surface area contributed by atoms with Gasteiger partial charge in [-0.05, 0) is 34.1 Å². The minimum Gasteiger partial charge on any atom is -0.270 e. The van der Waals surface area contributed by atoms with Gasteiger partial charge in [0.25, 0.3) is 0 Å². The van der Waals surface area contributed by atoms with Crippen LogP contribution in [0.2, 0.25) is 0 Å². The smallest absolute Gasteiger partial charge is 0.270 e. The van der Waals surface area contributed by atoms with Crippen molar-refractivity contribution in [3.8, 4) is 0 Å². The van der Waals surface area contributed by atoms with E-state index in [1.165, 1.54) is 23.1 Å². The Morgan fingerprint density at radius 3 is 3.00 bits per heavy atom. The van der Waals surface area contributed by atoms with E-state index in [2.05, 4.69) is 36.3 Å². The molecule has 86 valence electrons. The molecule has 0 unspecified atom stereocenters. The average molecular weight is 322 g/mol. The molecule has 0 fully saturated rings. The number of aromatic nitrogens is 5. The summed E-state index contributed by atoms with van der Waals surface area (Å²) in [6.45, 7) is 2.66. The molecule has 1 N–H and O–H groups in total. The Kier molecular flexibility index (Phi) is 3.77. The Bertz CT molecular complexity index is 533. The Labute approximate surface area is 108 Å². The molecule has 0 bridgehead atoms. The Morgan fingerprint density at radius 2 is 2.38 bits per heavy atom. The van der Waals surface area contributed by atoms with Crippen LogP contribution in [0.5, 0.6) is 0 Å². The molecule has 0 aliphatic rings. The van der Waals surface area contributed by atoms with E-state index in [0.717, 1.165) is 14.7 Å². The fraction of sp³-hybridized carbons (Fsp3) is 0.429. The van der Waals surface area contributed by atoms with Crippen LogP contribution < -0.4 is 5.69 Å². The van der Waals surface area contributed by atoms with Crippen LogP contribution in [0, 0.1) is 0 Å². The molecular weight excluding hydrogens is 314 g/mol. The van der Waals surface area contributed by atoms with E-state index in [1.807, 2.05) is 6.92 Å². The van der Waals surface area contributed by atoms with E-state index in [9.17, 15) is 4.79 Å². The normalized spacial score (nSPS) is 10.9. The molecule has 2 aromatic heterocycles. The number of halogens is 1. The van der Waals surface area contributed by atoms with Gasteiger partial charge in [-0.2, -0.15) is 0 Å². The summed E-state index contributed by atoms with van der Waals surface area (Å²) < 4.78 is 3.07. The average Bonchev–Trinajstić information content (AvgIpc) is 2.79. The van der Waals surface area contributed by atoms with E-state index in [0.29, 0.717) is 11.7 Å². The summed E-state index contributed by atoms with van der Waals surface area (Å²) >= 11 is 5.97. The van der Waals surface area contributed by atoms with Crippen molar-refractivity contribution < 1.29 is 0 Å². The summed E-state index contributed by atoms with van der Waals surface area (Å²) in [5, 5.41) is 14.8. The van der Waals surface area contributed by atoms with Crippen molar-refractivity contribution in [3.05, 3.63) is 14.4 Å². The zero-order chi connectivity index (χ0) is 11.5. The molecule has 2 heterocycles. The van der Waals surface area contributed by atoms with Crippen LogP contribution in [-0.2, 0) is 6.54 Å². The van der Waals surface area contributed by atoms with E-state index in [-0.39, 0.29) is 5.69 Å². The lowest BCUT2D eigenvalue weighted by molar-refractivity contribution is 0.603. The largest absolute Gasteiger partial charge is 0.343 e. The number of aromatic amines is 1. The van der Waals surface area contributed by atoms with Crippen molar-refractivity contribution >= 4 is 39.0 Å². The fourth-order valence-electron chi connectivity index (χ4n) is 1.11. The Hall–Kier alpha value is -0.670. The second-order valence-electron chi connectivity index (χ2n) is 2.89. The molecular formula is C7H8BrN5OS2. The number of H-pyrrole nitrogens is 1. The summed E-state index contributed by atoms with van der Waals surface area (Å²) in [5.41, 5.74) is -0.187. The molecule has 6 nitrogen and oxygen atoms in total. The number of nitrogens with zero attached hydrogens (tertiary/aromatic N) is 4. The zero-order valence-corrected chi connectivity index (χ0v) is 11.5. The molecule has 16 heavy (non-hydrogen) atoms. The first kappa shape index (κ1) is 11.8. The number of hydrogen-bond donors (Lipinski definition) is 1. The quantitative estimate of drug-likeness (QED) is 0.928. The monoisotopic (exact) mass is 321 g/mol. The molecule has 0 saturated heterocycles. The number of nitrogens with one attached hydrogen (secondary N) is 1. The van der Waals surface area contributed by atoms with Crippen LogP contribution >= 0.6 is 39.0 Å². The lowest BCUT2D eigenvalue weighted by Crippen LogP contribution is -2.17. The molecule has 2 rings (SSSR count). The molecule has 0 spiro atoms. The van der Waals surface area contributed by atoms with Gasteiger partial charge in [-0.25, -0.2) is 9.89 Å². The summed E-state index contributed by atoms with van der Waals surface area (Å²) in [6.07, 6.45) is 0.882. The van der Waals surface area contributed by atoms with Crippen LogP contribution in [-0.4, -0.2) is 25.0 Å². The summed E-state index contributed by atoms with van der Waals surface area (Å²) in [7, 11) is 0. The van der Waals surface area contributed by atoms with Gasteiger partial charge in [-0.15, -0.1) is 15.3 Å². The third kappa shape index (κ3) is 2.53. The van der Waals surface area contributed by atoms with E-state index < -0.39 is 0 Å². The minimum absolute atomic E-state index is 0.187. The third-order valence-corrected chi connectivity index (χ3v) is 4.13. The number of hydrogen-bond acceptors (Lipinski definition) is 6. The van der Waals surface area contributed by atoms with Gasteiger partial charge >= 0.3 is 5.69 Å². The van der Waals surface area contributed by atoms with E-state index in [4.69, 9.17) is 0 Å². The van der Waals surface area contributed by atoms with Gasteiger partial charge in [-0.1, -0.05) is 18.3 Å². The maximum atomic E-state index is 11.4. The van der Waals surface area contributed by atoms with Crippen molar-refractivity contribution in [1.29, 1.82) is 0 Å². The van der Waals surface area contributed by atoms with Crippen LogP contribution in [0.3, 0.4) is 0 Å². The zero-order valence-electron chi connectivity index (χ0n) is 8.31. The predicted molar refractivity (Wildman–Crippen MR) is 64.9 cm³/mol. The van der Waals surface area contributed by atoms with Crippen molar-refractivity contribution in [2.24, 2.45) is 0 Å². The molecule has 0 atom stereocenters. The standard InChI is InChI=1S/C7H8BrN5OS2/c1-2-3-13-5(14)10-11-6(13)16-7-12-9-4(8)15-7/h2-3H2,1H3,(H,10,14). The van der Waals surface area contributed by atoms with Crippen molar-refractivity contribution in [3.63, 3.8) is 0 Å². The minimum atomic E-state index is -0.187. The first-order chi connectivity index (χ1) is 7.70. The molecule has 0 aromatic carbocycles. The highest BCUT2D eigenvalue weighted by Gasteiger charge is 2.11. The summed E-state index contributed by atoms with van der Waals surface area (Å²) in [5.74, 6) is 0. The van der Waals surface area contributed by atoms with Gasteiger partial charge in [0.15, 0.2) is 13.4 Å². The summed E-state index contributed by atoms with van der Waals surface area (Å²) in [4.78, 5) is 11.4. The molecule has 0 saturated carbocycles. The first-order valence-electron chi connectivity index (χ1n) is 4.52. The van der Waals surface area contributed by atoms with Gasteiger partial charge < -0.3 is 0 Å². The van der Waals surface area contributed by atoms with Gasteiger partial charge in [0.05, 0.1) is 0 Å². The highest BCUT2D eigenvalue weighted by atomic mass is 79.9. The van der Waals surface area contributed by atoms with Crippen molar-refractivity contribution in [2.45, 2.75) is 29.4 Å². The van der Waals surface area contributed by atoms with Crippen LogP contribution in [0.15, 0.2) is 18.2 Å². The van der Waals surface area contributed by atoms with Crippen LogP contribution in [0.4, 0.5) is 0 Å². The highest BCUT2D eigenvalue weighted by Crippen LogP contribution is 2.29. The van der Waals surface area contributed by atoms with Gasteiger partial charge in [-0.3, -0.25) is 4.57 Å². The third-order valence-electron chi connectivity index (χ3n) is 1.73. The first-order valence-corrected chi connectivity index (χ1v) is 6.95. The predicted octanol–water partition coefficient (Wildman–Crippen LogP) is 1.75. The Balaban J connectivity index is 2.24. The molecule has 9 heteroatoms. The maximum absolute atomic E-state index is 11.4. The van der Waals surface area contributed by atoms with Crippen molar-refractivity contribution in [2.75, 3.05) is 0 Å². The van der Waals surface area contributed by atoms with Gasteiger partial charge in [0.1, 0.15) is 0 Å². The number of rotatable bonds is 4. The van der Waals surface area contributed by atoms with Crippen LogP contribution in [0.1, 0.15) is 13.3 Å². The van der Waals surface area contributed by atoms with Crippen molar-refractivity contribution in [1.82, 2.24) is 25.0 Å². The molecule has 0 aliphatic heterocycles. The molecule has 0 radical (unpaired) electrons. The molecule has 0 aliphatic carbocycles. The molecule has 0 amide bonds. The SMILES string of the molecule is CCCn1c(Sc2nnc(Br)s2)n[nH]c1=O. The maximum Gasteiger partial charge on any atom is 0.343 e. The Morgan fingerprint density at radius 1 is 1.56 bits per heavy atom. The van der Waals surface area contributed by atoms with E-state index >= 15 is 0 Å². The molecule has 2 aromatic rings. The lowest BCUT2D eigenvalue weighted by atomic mass is 10.5. The lowest BCUT2D eigenvalue weighted by Gasteiger charge is -1.99. The second kappa shape index (κ2) is 5.11. The van der Waals surface area contributed by atoms with Gasteiger partial charge in [0, 0.05) is 6.54 Å². The second-order valence-corrected chi connectivity index (χ2v) is 6.35. The topological polar surface area (TPSA) is 76.5 Å². The highest BCUT2D eigenvalue weighted by molar-refractivity contribution is 9.11.